The predicted octanol–water partition coefficient (Wildman–Crippen LogP) is 3.74. The predicted molar refractivity (Wildman–Crippen MR) is 99.5 cm³/mol. The number of hydrogen-bond acceptors (Lipinski definition) is 3. The van der Waals surface area contributed by atoms with Gasteiger partial charge in [0.15, 0.2) is 18.2 Å². The highest BCUT2D eigenvalue weighted by Gasteiger charge is 2.48. The molecule has 0 aliphatic carbocycles. The van der Waals surface area contributed by atoms with E-state index in [4.69, 9.17) is 4.74 Å². The summed E-state index contributed by atoms with van der Waals surface area (Å²) in [6.07, 6.45) is -3.81. The number of rotatable bonds is 3. The van der Waals surface area contributed by atoms with Gasteiger partial charge in [0.2, 0.25) is 5.91 Å². The quantitative estimate of drug-likeness (QED) is 0.767. The van der Waals surface area contributed by atoms with Crippen LogP contribution in [0.1, 0.15) is 24.0 Å². The van der Waals surface area contributed by atoms with Crippen molar-refractivity contribution in [2.45, 2.75) is 24.4 Å². The standard InChI is InChI=1S/C21H18F4N2O3/c22-15-6-5-13(21(23,24)25)11-17(15)30-12-18(28)27-9-7-20(8-10-27)14-3-1-2-4-16(14)26-19(20)29/h1-6,11H,7-10,12H2,(H,26,29). The number of carbonyl (C=O) groups excluding carboxylic acids is 2. The fourth-order valence-corrected chi connectivity index (χ4v) is 4.03. The van der Waals surface area contributed by atoms with Crippen LogP contribution < -0.4 is 10.1 Å². The first-order valence-electron chi connectivity index (χ1n) is 9.39. The molecule has 2 aliphatic rings. The smallest absolute Gasteiger partial charge is 0.416 e. The molecule has 5 nitrogen and oxygen atoms in total. The van der Waals surface area contributed by atoms with Gasteiger partial charge >= 0.3 is 6.18 Å². The number of alkyl halides is 3. The number of piperidine rings is 1. The van der Waals surface area contributed by atoms with Gasteiger partial charge in [-0.05, 0) is 42.7 Å². The maximum atomic E-state index is 13.8. The third-order valence-electron chi connectivity index (χ3n) is 5.70. The van der Waals surface area contributed by atoms with E-state index >= 15 is 0 Å². The van der Waals surface area contributed by atoms with Crippen LogP contribution in [0.25, 0.3) is 0 Å². The number of benzene rings is 2. The van der Waals surface area contributed by atoms with Crippen LogP contribution in [-0.2, 0) is 21.2 Å². The first-order chi connectivity index (χ1) is 14.2. The molecule has 2 amide bonds. The number of ether oxygens (including phenoxy) is 1. The Balaban J connectivity index is 1.40. The topological polar surface area (TPSA) is 58.6 Å². The number of amides is 2. The van der Waals surface area contributed by atoms with Crippen LogP contribution in [0.4, 0.5) is 23.2 Å². The van der Waals surface area contributed by atoms with E-state index in [2.05, 4.69) is 5.32 Å². The maximum absolute atomic E-state index is 13.8. The molecule has 0 atom stereocenters. The average Bonchev–Trinajstić information content (AvgIpc) is 2.98. The Morgan fingerprint density at radius 2 is 1.83 bits per heavy atom. The van der Waals surface area contributed by atoms with Gasteiger partial charge in [-0.2, -0.15) is 13.2 Å². The highest BCUT2D eigenvalue weighted by molar-refractivity contribution is 6.06. The molecule has 9 heteroatoms. The Bertz CT molecular complexity index is 998. The minimum Gasteiger partial charge on any atom is -0.481 e. The molecule has 2 aliphatic heterocycles. The molecule has 1 saturated heterocycles. The first kappa shape index (κ1) is 20.2. The number of carbonyl (C=O) groups is 2. The van der Waals surface area contributed by atoms with Gasteiger partial charge in [0, 0.05) is 18.8 Å². The van der Waals surface area contributed by atoms with Crippen LogP contribution in [0.2, 0.25) is 0 Å². The molecule has 0 radical (unpaired) electrons. The van der Waals surface area contributed by atoms with Crippen molar-refractivity contribution in [1.82, 2.24) is 4.90 Å². The van der Waals surface area contributed by atoms with E-state index in [0.717, 1.165) is 11.3 Å². The fourth-order valence-electron chi connectivity index (χ4n) is 4.03. The highest BCUT2D eigenvalue weighted by atomic mass is 19.4. The van der Waals surface area contributed by atoms with E-state index in [0.29, 0.717) is 31.0 Å². The van der Waals surface area contributed by atoms with Gasteiger partial charge in [0.05, 0.1) is 11.0 Å². The molecular formula is C21H18F4N2O3. The van der Waals surface area contributed by atoms with Gasteiger partial charge in [-0.15, -0.1) is 0 Å². The van der Waals surface area contributed by atoms with Crippen molar-refractivity contribution >= 4 is 17.5 Å². The van der Waals surface area contributed by atoms with Gasteiger partial charge in [-0.25, -0.2) is 4.39 Å². The zero-order valence-electron chi connectivity index (χ0n) is 15.8. The van der Waals surface area contributed by atoms with Crippen molar-refractivity contribution in [2.75, 3.05) is 25.0 Å². The number of halogens is 4. The Kier molecular flexibility index (Phi) is 4.91. The highest BCUT2D eigenvalue weighted by Crippen LogP contribution is 2.44. The molecule has 0 bridgehead atoms. The van der Waals surface area contributed by atoms with Crippen LogP contribution in [0.3, 0.4) is 0 Å². The zero-order chi connectivity index (χ0) is 21.5. The number of nitrogens with one attached hydrogen (secondary N) is 1. The second-order valence-corrected chi connectivity index (χ2v) is 7.39. The Morgan fingerprint density at radius 3 is 2.53 bits per heavy atom. The van der Waals surface area contributed by atoms with E-state index < -0.39 is 41.2 Å². The lowest BCUT2D eigenvalue weighted by molar-refractivity contribution is -0.138. The maximum Gasteiger partial charge on any atom is 0.416 e. The van der Waals surface area contributed by atoms with Crippen LogP contribution in [0.15, 0.2) is 42.5 Å². The van der Waals surface area contributed by atoms with Crippen molar-refractivity contribution < 1.29 is 31.9 Å². The van der Waals surface area contributed by atoms with E-state index in [1.54, 1.807) is 0 Å². The lowest BCUT2D eigenvalue weighted by Crippen LogP contribution is -2.49. The summed E-state index contributed by atoms with van der Waals surface area (Å²) in [5.41, 5.74) is -0.0753. The Hall–Kier alpha value is -3.10. The van der Waals surface area contributed by atoms with Crippen molar-refractivity contribution in [3.8, 4) is 5.75 Å². The lowest BCUT2D eigenvalue weighted by atomic mass is 9.73. The molecule has 158 valence electrons. The molecule has 2 aromatic rings. The molecule has 4 rings (SSSR count). The van der Waals surface area contributed by atoms with Crippen molar-refractivity contribution in [2.24, 2.45) is 0 Å². The van der Waals surface area contributed by atoms with Crippen LogP contribution in [0, 0.1) is 5.82 Å². The number of hydrogen-bond donors (Lipinski definition) is 1. The molecule has 2 aromatic carbocycles. The van der Waals surface area contributed by atoms with Crippen molar-refractivity contribution in [1.29, 1.82) is 0 Å². The van der Waals surface area contributed by atoms with Crippen LogP contribution in [-0.4, -0.2) is 36.4 Å². The summed E-state index contributed by atoms with van der Waals surface area (Å²) in [5, 5.41) is 2.87. The van der Waals surface area contributed by atoms with Crippen LogP contribution in [0.5, 0.6) is 5.75 Å². The summed E-state index contributed by atoms with van der Waals surface area (Å²) in [5.74, 6) is -2.19. The number of fused-ring (bicyclic) bond motifs is 2. The summed E-state index contributed by atoms with van der Waals surface area (Å²) in [4.78, 5) is 26.5. The molecule has 0 unspecified atom stereocenters. The number of anilines is 1. The SMILES string of the molecule is O=C(COc1cc(C(F)(F)F)ccc1F)N1CCC2(CC1)C(=O)Nc1ccccc12. The molecule has 0 saturated carbocycles. The van der Waals surface area contributed by atoms with E-state index in [1.807, 2.05) is 24.3 Å². The second kappa shape index (κ2) is 7.30. The lowest BCUT2D eigenvalue weighted by Gasteiger charge is -2.37. The summed E-state index contributed by atoms with van der Waals surface area (Å²) >= 11 is 0. The molecule has 1 spiro atoms. The van der Waals surface area contributed by atoms with Crippen molar-refractivity contribution in [3.05, 3.63) is 59.4 Å². The Morgan fingerprint density at radius 1 is 1.13 bits per heavy atom. The third-order valence-corrected chi connectivity index (χ3v) is 5.70. The molecule has 1 N–H and O–H groups in total. The number of para-hydroxylation sites is 1. The normalized spacial score (nSPS) is 17.6. The van der Waals surface area contributed by atoms with Crippen LogP contribution >= 0.6 is 0 Å². The average molecular weight is 422 g/mol. The zero-order valence-corrected chi connectivity index (χ0v) is 15.8. The summed E-state index contributed by atoms with van der Waals surface area (Å²) in [7, 11) is 0. The minimum absolute atomic E-state index is 0.0990. The number of nitrogens with zero attached hydrogens (tertiary/aromatic N) is 1. The monoisotopic (exact) mass is 422 g/mol. The van der Waals surface area contributed by atoms with E-state index in [-0.39, 0.29) is 19.0 Å². The summed E-state index contributed by atoms with van der Waals surface area (Å²) in [6.45, 7) is -0.0158. The summed E-state index contributed by atoms with van der Waals surface area (Å²) < 4.78 is 57.2. The molecule has 30 heavy (non-hydrogen) atoms. The summed E-state index contributed by atoms with van der Waals surface area (Å²) in [6, 6.07) is 9.22. The molecule has 1 fully saturated rings. The largest absolute Gasteiger partial charge is 0.481 e. The van der Waals surface area contributed by atoms with E-state index in [9.17, 15) is 27.2 Å². The van der Waals surface area contributed by atoms with Gasteiger partial charge in [-0.3, -0.25) is 9.59 Å². The molecule has 0 aromatic heterocycles. The second-order valence-electron chi connectivity index (χ2n) is 7.39. The molecule has 2 heterocycles. The van der Waals surface area contributed by atoms with Gasteiger partial charge in [-0.1, -0.05) is 18.2 Å². The first-order valence-corrected chi connectivity index (χ1v) is 9.39. The minimum atomic E-state index is -4.64. The third kappa shape index (κ3) is 3.48. The molecular weight excluding hydrogens is 404 g/mol. The van der Waals surface area contributed by atoms with Gasteiger partial charge in [0.25, 0.3) is 5.91 Å². The van der Waals surface area contributed by atoms with Gasteiger partial charge < -0.3 is 15.0 Å². The number of likely N-dealkylation sites (tertiary alicyclic amines) is 1. The Labute approximate surface area is 169 Å². The fraction of sp³-hybridized carbons (Fsp3) is 0.333. The van der Waals surface area contributed by atoms with Crippen molar-refractivity contribution in [3.63, 3.8) is 0 Å². The van der Waals surface area contributed by atoms with Gasteiger partial charge in [0.1, 0.15) is 0 Å². The van der Waals surface area contributed by atoms with E-state index in [1.165, 1.54) is 4.90 Å².